The molecule has 1 aromatic heterocycles. The van der Waals surface area contributed by atoms with Gasteiger partial charge in [0.25, 0.3) is 0 Å². The summed E-state index contributed by atoms with van der Waals surface area (Å²) in [7, 11) is 0. The fourth-order valence-electron chi connectivity index (χ4n) is 1.39. The van der Waals surface area contributed by atoms with E-state index in [1.165, 1.54) is 10.9 Å². The van der Waals surface area contributed by atoms with Crippen LogP contribution in [0.25, 0.3) is 0 Å². The molecule has 17 heavy (non-hydrogen) atoms. The Kier molecular flexibility index (Phi) is 4.73. The van der Waals surface area contributed by atoms with Crippen molar-refractivity contribution in [1.29, 1.82) is 0 Å². The van der Waals surface area contributed by atoms with E-state index in [1.807, 2.05) is 6.92 Å². The Bertz CT molecular complexity index is 401. The Hall–Kier alpha value is -0.850. The lowest BCUT2D eigenvalue weighted by Gasteiger charge is -2.07. The van der Waals surface area contributed by atoms with Crippen molar-refractivity contribution < 1.29 is 18.0 Å². The number of halogens is 4. The topological polar surface area (TPSA) is 34.9 Å². The third-order valence-corrected chi connectivity index (χ3v) is 2.71. The number of carbonyl (C=O) groups excluding carboxylic acids is 1. The first-order valence-corrected chi connectivity index (χ1v) is 5.95. The molecule has 0 saturated heterocycles. The minimum absolute atomic E-state index is 0.219. The lowest BCUT2D eigenvalue weighted by molar-refractivity contribution is -0.133. The predicted octanol–water partition coefficient (Wildman–Crippen LogP) is 3.58. The highest BCUT2D eigenvalue weighted by Gasteiger charge is 2.29. The van der Waals surface area contributed by atoms with Gasteiger partial charge in [-0.15, -0.1) is 0 Å². The van der Waals surface area contributed by atoms with Crippen LogP contribution in [0.1, 0.15) is 36.7 Å². The zero-order valence-electron chi connectivity index (χ0n) is 9.22. The molecule has 0 bridgehead atoms. The normalized spacial score (nSPS) is 11.8. The Balaban J connectivity index is 2.77. The Morgan fingerprint density at radius 1 is 1.53 bits per heavy atom. The van der Waals surface area contributed by atoms with Crippen LogP contribution in [-0.2, 0) is 6.54 Å². The van der Waals surface area contributed by atoms with Crippen LogP contribution in [0.15, 0.2) is 10.7 Å². The zero-order chi connectivity index (χ0) is 13.1. The van der Waals surface area contributed by atoms with Crippen molar-refractivity contribution in [2.45, 2.75) is 38.9 Å². The van der Waals surface area contributed by atoms with Gasteiger partial charge in [-0.05, 0) is 22.4 Å². The molecule has 0 aliphatic carbocycles. The molecule has 0 fully saturated rings. The van der Waals surface area contributed by atoms with E-state index in [2.05, 4.69) is 21.0 Å². The van der Waals surface area contributed by atoms with Crippen LogP contribution in [0.3, 0.4) is 0 Å². The second-order valence-electron chi connectivity index (χ2n) is 3.60. The quantitative estimate of drug-likeness (QED) is 0.779. The molecule has 1 heterocycles. The van der Waals surface area contributed by atoms with Crippen LogP contribution in [0, 0.1) is 0 Å². The molecular formula is C10H12BrF3N2O. The molecule has 0 aliphatic heterocycles. The van der Waals surface area contributed by atoms with Crippen LogP contribution in [0.4, 0.5) is 13.2 Å². The summed E-state index contributed by atoms with van der Waals surface area (Å²) in [6, 6.07) is 0. The second-order valence-corrected chi connectivity index (χ2v) is 4.46. The van der Waals surface area contributed by atoms with Gasteiger partial charge in [-0.3, -0.25) is 9.48 Å². The molecule has 3 nitrogen and oxygen atoms in total. The summed E-state index contributed by atoms with van der Waals surface area (Å²) in [6.07, 6.45) is -3.77. The molecule has 1 aromatic rings. The van der Waals surface area contributed by atoms with Gasteiger partial charge in [0.2, 0.25) is 0 Å². The van der Waals surface area contributed by atoms with Gasteiger partial charge in [0, 0.05) is 13.0 Å². The van der Waals surface area contributed by atoms with Crippen molar-refractivity contribution in [1.82, 2.24) is 9.78 Å². The minimum atomic E-state index is -4.31. The van der Waals surface area contributed by atoms with E-state index < -0.39 is 24.8 Å². The van der Waals surface area contributed by atoms with Gasteiger partial charge in [0.05, 0.1) is 17.1 Å². The maximum Gasteiger partial charge on any atom is 0.389 e. The van der Waals surface area contributed by atoms with Crippen molar-refractivity contribution in [3.05, 3.63) is 16.4 Å². The van der Waals surface area contributed by atoms with Crippen molar-refractivity contribution in [2.24, 2.45) is 0 Å². The van der Waals surface area contributed by atoms with Crippen molar-refractivity contribution in [3.8, 4) is 0 Å². The molecule has 0 aromatic carbocycles. The molecule has 0 amide bonds. The SMILES string of the molecule is CCCn1ncc(Br)c1C(=O)CCC(F)(F)F. The van der Waals surface area contributed by atoms with E-state index in [0.717, 1.165) is 6.42 Å². The first-order chi connectivity index (χ1) is 7.85. The van der Waals surface area contributed by atoms with Crippen molar-refractivity contribution in [3.63, 3.8) is 0 Å². The van der Waals surface area contributed by atoms with Gasteiger partial charge in [-0.1, -0.05) is 6.92 Å². The summed E-state index contributed by atoms with van der Waals surface area (Å²) < 4.78 is 37.9. The highest BCUT2D eigenvalue weighted by atomic mass is 79.9. The van der Waals surface area contributed by atoms with Crippen LogP contribution in [0.5, 0.6) is 0 Å². The number of nitrogens with zero attached hydrogens (tertiary/aromatic N) is 2. The summed E-state index contributed by atoms with van der Waals surface area (Å²) in [5.41, 5.74) is 0.219. The number of hydrogen-bond acceptors (Lipinski definition) is 2. The van der Waals surface area contributed by atoms with Crippen LogP contribution < -0.4 is 0 Å². The fraction of sp³-hybridized carbons (Fsp3) is 0.600. The lowest BCUT2D eigenvalue weighted by Crippen LogP contribution is -2.15. The number of rotatable bonds is 5. The van der Waals surface area contributed by atoms with E-state index >= 15 is 0 Å². The Morgan fingerprint density at radius 2 is 2.18 bits per heavy atom. The number of Topliss-reactive ketones (excluding diaryl/α,β-unsaturated/α-hetero) is 1. The number of alkyl halides is 3. The largest absolute Gasteiger partial charge is 0.389 e. The van der Waals surface area contributed by atoms with E-state index in [1.54, 1.807) is 0 Å². The van der Waals surface area contributed by atoms with Crippen LogP contribution in [0.2, 0.25) is 0 Å². The van der Waals surface area contributed by atoms with Crippen LogP contribution >= 0.6 is 15.9 Å². The molecular weight excluding hydrogens is 301 g/mol. The number of hydrogen-bond donors (Lipinski definition) is 0. The highest BCUT2D eigenvalue weighted by molar-refractivity contribution is 9.10. The van der Waals surface area contributed by atoms with Gasteiger partial charge in [-0.2, -0.15) is 18.3 Å². The maximum absolute atomic E-state index is 12.0. The Morgan fingerprint density at radius 3 is 2.71 bits per heavy atom. The first-order valence-electron chi connectivity index (χ1n) is 5.16. The first kappa shape index (κ1) is 14.2. The molecule has 96 valence electrons. The molecule has 0 radical (unpaired) electrons. The van der Waals surface area contributed by atoms with E-state index in [4.69, 9.17) is 0 Å². The predicted molar refractivity (Wildman–Crippen MR) is 59.8 cm³/mol. The highest BCUT2D eigenvalue weighted by Crippen LogP contribution is 2.24. The molecule has 0 saturated carbocycles. The van der Waals surface area contributed by atoms with E-state index in [-0.39, 0.29) is 5.69 Å². The van der Waals surface area contributed by atoms with E-state index in [0.29, 0.717) is 11.0 Å². The Labute approximate surface area is 105 Å². The van der Waals surface area contributed by atoms with E-state index in [9.17, 15) is 18.0 Å². The number of aryl methyl sites for hydroxylation is 1. The van der Waals surface area contributed by atoms with Gasteiger partial charge >= 0.3 is 6.18 Å². The zero-order valence-corrected chi connectivity index (χ0v) is 10.8. The van der Waals surface area contributed by atoms with Crippen LogP contribution in [-0.4, -0.2) is 21.7 Å². The molecule has 0 N–H and O–H groups in total. The van der Waals surface area contributed by atoms with Gasteiger partial charge in [0.15, 0.2) is 5.78 Å². The maximum atomic E-state index is 12.0. The minimum Gasteiger partial charge on any atom is -0.292 e. The second kappa shape index (κ2) is 5.66. The molecule has 7 heteroatoms. The average molecular weight is 313 g/mol. The smallest absolute Gasteiger partial charge is 0.292 e. The van der Waals surface area contributed by atoms with Gasteiger partial charge < -0.3 is 0 Å². The molecule has 0 unspecified atom stereocenters. The number of aromatic nitrogens is 2. The summed E-state index contributed by atoms with van der Waals surface area (Å²) in [6.45, 7) is 2.41. The molecule has 1 rings (SSSR count). The average Bonchev–Trinajstić information content (AvgIpc) is 2.56. The van der Waals surface area contributed by atoms with Crippen molar-refractivity contribution >= 4 is 21.7 Å². The monoisotopic (exact) mass is 312 g/mol. The summed E-state index contributed by atoms with van der Waals surface area (Å²) in [4.78, 5) is 11.7. The molecule has 0 spiro atoms. The summed E-state index contributed by atoms with van der Waals surface area (Å²) >= 11 is 3.12. The molecule has 0 aliphatic rings. The van der Waals surface area contributed by atoms with Gasteiger partial charge in [-0.25, -0.2) is 0 Å². The third-order valence-electron chi connectivity index (χ3n) is 2.13. The van der Waals surface area contributed by atoms with Gasteiger partial charge in [0.1, 0.15) is 5.69 Å². The third kappa shape index (κ3) is 4.14. The summed E-state index contributed by atoms with van der Waals surface area (Å²) in [5, 5.41) is 3.94. The molecule has 0 atom stereocenters. The number of ketones is 1. The summed E-state index contributed by atoms with van der Waals surface area (Å²) in [5.74, 6) is -0.542. The lowest BCUT2D eigenvalue weighted by atomic mass is 10.1. The number of carbonyl (C=O) groups is 1. The standard InChI is InChI=1S/C10H12BrF3N2O/c1-2-5-16-9(7(11)6-15-16)8(17)3-4-10(12,13)14/h6H,2-5H2,1H3. The van der Waals surface area contributed by atoms with Crippen molar-refractivity contribution in [2.75, 3.05) is 0 Å². The fourth-order valence-corrected chi connectivity index (χ4v) is 1.91.